The minimum absolute atomic E-state index is 0.0661. The summed E-state index contributed by atoms with van der Waals surface area (Å²) in [5.41, 5.74) is -1.26. The monoisotopic (exact) mass is 620 g/mol. The number of esters is 1. The predicted octanol–water partition coefficient (Wildman–Crippen LogP) is 5.69. The van der Waals surface area contributed by atoms with E-state index >= 15 is 4.39 Å². The first-order valence-electron chi connectivity index (χ1n) is 11.7. The van der Waals surface area contributed by atoms with E-state index in [4.69, 9.17) is 9.47 Å². The number of rotatable bonds is 9. The zero-order chi connectivity index (χ0) is 29.5. The molecule has 0 spiro atoms. The molecule has 2 aromatic carbocycles. The van der Waals surface area contributed by atoms with Crippen molar-refractivity contribution in [2.24, 2.45) is 0 Å². The number of carbonyl (C=O) groups is 3. The Kier molecular flexibility index (Phi) is 10.7. The molecule has 0 heterocycles. The van der Waals surface area contributed by atoms with Gasteiger partial charge in [0, 0.05) is 16.1 Å². The third-order valence-corrected chi connectivity index (χ3v) is 5.74. The van der Waals surface area contributed by atoms with Gasteiger partial charge in [0.1, 0.15) is 30.2 Å². The summed E-state index contributed by atoms with van der Waals surface area (Å²) in [6, 6.07) is 8.95. The Bertz CT molecular complexity index is 1190. The number of anilines is 1. The SMILES string of the molecule is COC(=O)CN(C(=O)C(F)(F)F)c1c(OCc2ccccc2)cc(Br)c(C[C@H](C)NC(=O)OC(C)(C)C)c1F. The minimum atomic E-state index is -5.45. The molecule has 0 saturated carbocycles. The molecule has 0 bridgehead atoms. The Morgan fingerprint density at radius 3 is 2.26 bits per heavy atom. The van der Waals surface area contributed by atoms with Crippen LogP contribution in [-0.2, 0) is 32.1 Å². The van der Waals surface area contributed by atoms with Gasteiger partial charge < -0.3 is 19.5 Å². The lowest BCUT2D eigenvalue weighted by Gasteiger charge is -2.27. The average molecular weight is 621 g/mol. The number of benzene rings is 2. The van der Waals surface area contributed by atoms with Gasteiger partial charge in [0.2, 0.25) is 0 Å². The van der Waals surface area contributed by atoms with E-state index in [9.17, 15) is 27.6 Å². The fourth-order valence-electron chi connectivity index (χ4n) is 3.38. The van der Waals surface area contributed by atoms with E-state index in [-0.39, 0.29) is 28.0 Å². The summed E-state index contributed by atoms with van der Waals surface area (Å²) >= 11 is 3.21. The van der Waals surface area contributed by atoms with Crippen LogP contribution in [-0.4, -0.2) is 49.4 Å². The van der Waals surface area contributed by atoms with Gasteiger partial charge in [0.25, 0.3) is 0 Å². The van der Waals surface area contributed by atoms with Crippen LogP contribution in [0.4, 0.5) is 28.0 Å². The predicted molar refractivity (Wildman–Crippen MR) is 138 cm³/mol. The molecule has 2 rings (SSSR count). The third-order valence-electron chi connectivity index (χ3n) is 5.04. The number of amides is 2. The van der Waals surface area contributed by atoms with E-state index in [1.54, 1.807) is 51.1 Å². The smallest absolute Gasteiger partial charge is 0.471 e. The van der Waals surface area contributed by atoms with E-state index in [2.05, 4.69) is 26.0 Å². The van der Waals surface area contributed by atoms with Gasteiger partial charge in [-0.15, -0.1) is 0 Å². The van der Waals surface area contributed by atoms with Crippen molar-refractivity contribution in [2.45, 2.75) is 58.5 Å². The fraction of sp³-hybridized carbons (Fsp3) is 0.423. The highest BCUT2D eigenvalue weighted by atomic mass is 79.9. The van der Waals surface area contributed by atoms with Gasteiger partial charge >= 0.3 is 24.1 Å². The largest absolute Gasteiger partial charge is 0.487 e. The molecule has 2 amide bonds. The zero-order valence-electron chi connectivity index (χ0n) is 21.9. The third kappa shape index (κ3) is 9.41. The minimum Gasteiger partial charge on any atom is -0.487 e. The summed E-state index contributed by atoms with van der Waals surface area (Å²) in [5, 5.41) is 2.52. The lowest BCUT2D eigenvalue weighted by molar-refractivity contribution is -0.171. The van der Waals surface area contributed by atoms with E-state index in [0.717, 1.165) is 7.11 Å². The number of halogens is 5. The number of alkyl carbamates (subject to hydrolysis) is 1. The molecule has 0 aromatic heterocycles. The maximum Gasteiger partial charge on any atom is 0.471 e. The lowest BCUT2D eigenvalue weighted by atomic mass is 10.0. The second-order valence-corrected chi connectivity index (χ2v) is 10.3. The highest BCUT2D eigenvalue weighted by Gasteiger charge is 2.45. The first kappa shape index (κ1) is 31.9. The van der Waals surface area contributed by atoms with Gasteiger partial charge in [-0.3, -0.25) is 14.5 Å². The van der Waals surface area contributed by atoms with Gasteiger partial charge in [0.05, 0.1) is 7.11 Å². The van der Waals surface area contributed by atoms with Crippen LogP contribution in [0, 0.1) is 5.82 Å². The van der Waals surface area contributed by atoms with Crippen molar-refractivity contribution in [3.8, 4) is 5.75 Å². The highest BCUT2D eigenvalue weighted by molar-refractivity contribution is 9.10. The summed E-state index contributed by atoms with van der Waals surface area (Å²) in [6.07, 6.45) is -6.45. The van der Waals surface area contributed by atoms with Crippen molar-refractivity contribution in [1.82, 2.24) is 5.32 Å². The Morgan fingerprint density at radius 2 is 1.72 bits per heavy atom. The molecule has 13 heteroatoms. The van der Waals surface area contributed by atoms with E-state index in [1.165, 1.54) is 13.0 Å². The van der Waals surface area contributed by atoms with Gasteiger partial charge in [0.15, 0.2) is 5.82 Å². The average Bonchev–Trinajstić information content (AvgIpc) is 2.82. The van der Waals surface area contributed by atoms with Gasteiger partial charge in [-0.2, -0.15) is 13.2 Å². The molecular weight excluding hydrogens is 592 g/mol. The number of ether oxygens (including phenoxy) is 3. The van der Waals surface area contributed by atoms with Gasteiger partial charge in [-0.1, -0.05) is 46.3 Å². The van der Waals surface area contributed by atoms with Crippen molar-refractivity contribution in [3.05, 3.63) is 57.8 Å². The Labute approximate surface area is 231 Å². The Hall–Kier alpha value is -3.35. The van der Waals surface area contributed by atoms with Crippen LogP contribution in [0.3, 0.4) is 0 Å². The second-order valence-electron chi connectivity index (χ2n) is 9.49. The molecule has 1 N–H and O–H groups in total. The topological polar surface area (TPSA) is 94.2 Å². The van der Waals surface area contributed by atoms with E-state index in [0.29, 0.717) is 5.56 Å². The highest BCUT2D eigenvalue weighted by Crippen LogP contribution is 2.40. The van der Waals surface area contributed by atoms with Crippen LogP contribution in [0.1, 0.15) is 38.8 Å². The van der Waals surface area contributed by atoms with Crippen molar-refractivity contribution in [3.63, 3.8) is 0 Å². The number of hydrogen-bond donors (Lipinski definition) is 1. The molecular formula is C26H29BrF4N2O6. The van der Waals surface area contributed by atoms with Gasteiger partial charge in [-0.25, -0.2) is 9.18 Å². The molecule has 0 radical (unpaired) electrons. The van der Waals surface area contributed by atoms with Crippen LogP contribution in [0.25, 0.3) is 0 Å². The molecule has 2 aromatic rings. The summed E-state index contributed by atoms with van der Waals surface area (Å²) in [7, 11) is 0.915. The zero-order valence-corrected chi connectivity index (χ0v) is 23.5. The Balaban J connectivity index is 2.58. The number of nitrogens with one attached hydrogen (secondary N) is 1. The normalized spacial score (nSPS) is 12.4. The molecule has 0 saturated heterocycles. The summed E-state index contributed by atoms with van der Waals surface area (Å²) in [5.74, 6) is -5.40. The van der Waals surface area contributed by atoms with Crippen molar-refractivity contribution in [2.75, 3.05) is 18.6 Å². The van der Waals surface area contributed by atoms with Crippen LogP contribution in [0.2, 0.25) is 0 Å². The van der Waals surface area contributed by atoms with Crippen LogP contribution < -0.4 is 15.0 Å². The van der Waals surface area contributed by atoms with Crippen LogP contribution >= 0.6 is 15.9 Å². The summed E-state index contributed by atoms with van der Waals surface area (Å²) in [4.78, 5) is 36.4. The Morgan fingerprint density at radius 1 is 1.10 bits per heavy atom. The molecule has 214 valence electrons. The van der Waals surface area contributed by atoms with Gasteiger partial charge in [-0.05, 0) is 45.7 Å². The molecule has 0 aliphatic heterocycles. The molecule has 0 fully saturated rings. The van der Waals surface area contributed by atoms with E-state index in [1.807, 2.05) is 0 Å². The molecule has 0 unspecified atom stereocenters. The van der Waals surface area contributed by atoms with Crippen molar-refractivity contribution < 1.29 is 46.2 Å². The number of alkyl halides is 3. The van der Waals surface area contributed by atoms with Crippen molar-refractivity contribution >= 4 is 39.6 Å². The number of nitrogens with zero attached hydrogens (tertiary/aromatic N) is 1. The van der Waals surface area contributed by atoms with Crippen LogP contribution in [0.5, 0.6) is 5.75 Å². The maximum atomic E-state index is 16.1. The number of methoxy groups -OCH3 is 1. The molecule has 0 aliphatic carbocycles. The number of carbonyl (C=O) groups excluding carboxylic acids is 3. The maximum absolute atomic E-state index is 16.1. The summed E-state index contributed by atoms with van der Waals surface area (Å²) in [6.45, 7) is 5.08. The molecule has 0 aliphatic rings. The molecule has 1 atom stereocenters. The second kappa shape index (κ2) is 13.1. The number of hydrogen-bond acceptors (Lipinski definition) is 6. The fourth-order valence-corrected chi connectivity index (χ4v) is 3.92. The van der Waals surface area contributed by atoms with E-state index < -0.39 is 59.6 Å². The first-order valence-corrected chi connectivity index (χ1v) is 12.5. The summed E-state index contributed by atoms with van der Waals surface area (Å²) < 4.78 is 72.1. The quantitative estimate of drug-likeness (QED) is 0.286. The van der Waals surface area contributed by atoms with Crippen LogP contribution in [0.15, 0.2) is 40.9 Å². The molecule has 39 heavy (non-hydrogen) atoms. The molecule has 8 nitrogen and oxygen atoms in total. The standard InChI is InChI=1S/C26H29BrF4N2O6/c1-15(32-24(36)39-25(2,3)4)11-17-18(27)12-19(38-14-16-9-7-6-8-10-16)22(21(17)28)33(13-20(34)37-5)23(35)26(29,30)31/h6-10,12,15H,11,13-14H2,1-5H3,(H,32,36)/t15-/m0/s1. The lowest BCUT2D eigenvalue weighted by Crippen LogP contribution is -2.45. The first-order chi connectivity index (χ1) is 18.0. The van der Waals surface area contributed by atoms with Crippen molar-refractivity contribution in [1.29, 1.82) is 0 Å².